The minimum Gasteiger partial charge on any atom is -0.494 e. The summed E-state index contributed by atoms with van der Waals surface area (Å²) >= 11 is 0. The normalized spacial score (nSPS) is 11.7. The summed E-state index contributed by atoms with van der Waals surface area (Å²) in [5.74, 6) is -0.505. The first kappa shape index (κ1) is 15.8. The topological polar surface area (TPSA) is 33.6 Å². The Morgan fingerprint density at radius 1 is 1.14 bits per heavy atom. The van der Waals surface area contributed by atoms with Crippen molar-refractivity contribution in [1.82, 2.24) is 0 Å². The number of halogens is 4. The summed E-state index contributed by atoms with van der Waals surface area (Å²) in [5, 5.41) is 3.70. The van der Waals surface area contributed by atoms with Gasteiger partial charge in [-0.25, -0.2) is 4.39 Å². The number of alkyl halides is 3. The van der Waals surface area contributed by atoms with E-state index in [1.54, 1.807) is 0 Å². The van der Waals surface area contributed by atoms with E-state index in [2.05, 4.69) is 10.5 Å². The van der Waals surface area contributed by atoms with E-state index in [4.69, 9.17) is 4.74 Å². The van der Waals surface area contributed by atoms with Gasteiger partial charge < -0.3 is 4.74 Å². The number of anilines is 1. The summed E-state index contributed by atoms with van der Waals surface area (Å²) in [4.78, 5) is 0. The van der Waals surface area contributed by atoms with Crippen molar-refractivity contribution in [1.29, 1.82) is 0 Å². The molecular weight excluding hydrogens is 300 g/mol. The summed E-state index contributed by atoms with van der Waals surface area (Å²) in [7, 11) is 1.34. The van der Waals surface area contributed by atoms with Crippen LogP contribution in [0.1, 0.15) is 11.1 Å². The summed E-state index contributed by atoms with van der Waals surface area (Å²) in [6, 6.07) is 9.05. The summed E-state index contributed by atoms with van der Waals surface area (Å²) in [6.07, 6.45) is -3.26. The monoisotopic (exact) mass is 312 g/mol. The number of rotatable bonds is 4. The Morgan fingerprint density at radius 3 is 2.50 bits per heavy atom. The average molecular weight is 312 g/mol. The molecule has 2 aromatic carbocycles. The lowest BCUT2D eigenvalue weighted by Gasteiger charge is -2.11. The van der Waals surface area contributed by atoms with Crippen molar-refractivity contribution in [3.05, 3.63) is 59.4 Å². The van der Waals surface area contributed by atoms with Crippen molar-refractivity contribution >= 4 is 11.9 Å². The molecule has 0 aliphatic heterocycles. The molecule has 22 heavy (non-hydrogen) atoms. The second-order valence-corrected chi connectivity index (χ2v) is 4.31. The Morgan fingerprint density at radius 2 is 1.86 bits per heavy atom. The number of nitrogens with zero attached hydrogens (tertiary/aromatic N) is 1. The molecule has 7 heteroatoms. The van der Waals surface area contributed by atoms with Gasteiger partial charge in [0.15, 0.2) is 11.6 Å². The number of ether oxygens (including phenoxy) is 1. The highest BCUT2D eigenvalue weighted by atomic mass is 19.4. The van der Waals surface area contributed by atoms with Crippen LogP contribution in [0.5, 0.6) is 5.75 Å². The summed E-state index contributed by atoms with van der Waals surface area (Å²) in [5.41, 5.74) is 1.69. The molecule has 0 amide bonds. The van der Waals surface area contributed by atoms with E-state index in [9.17, 15) is 17.6 Å². The van der Waals surface area contributed by atoms with Crippen LogP contribution >= 0.6 is 0 Å². The van der Waals surface area contributed by atoms with E-state index in [0.717, 1.165) is 6.07 Å². The molecule has 0 saturated heterocycles. The lowest BCUT2D eigenvalue weighted by molar-refractivity contribution is -0.136. The van der Waals surface area contributed by atoms with Gasteiger partial charge >= 0.3 is 6.18 Å². The quantitative estimate of drug-likeness (QED) is 0.519. The Bertz CT molecular complexity index is 683. The molecule has 0 unspecified atom stereocenters. The van der Waals surface area contributed by atoms with Crippen molar-refractivity contribution in [3.8, 4) is 5.75 Å². The maximum Gasteiger partial charge on any atom is 0.418 e. The van der Waals surface area contributed by atoms with Gasteiger partial charge in [-0.05, 0) is 35.9 Å². The van der Waals surface area contributed by atoms with Crippen LogP contribution in [-0.2, 0) is 6.18 Å². The number of para-hydroxylation sites is 1. The first-order valence-electron chi connectivity index (χ1n) is 6.20. The first-order chi connectivity index (χ1) is 10.4. The highest BCUT2D eigenvalue weighted by molar-refractivity contribution is 5.80. The summed E-state index contributed by atoms with van der Waals surface area (Å²) in [6.45, 7) is 0. The van der Waals surface area contributed by atoms with E-state index < -0.39 is 17.6 Å². The molecule has 0 aliphatic rings. The van der Waals surface area contributed by atoms with Gasteiger partial charge in [-0.1, -0.05) is 12.1 Å². The molecule has 2 rings (SSSR count). The number of hydrogen-bond acceptors (Lipinski definition) is 3. The van der Waals surface area contributed by atoms with Gasteiger partial charge in [-0.3, -0.25) is 5.43 Å². The number of nitrogens with one attached hydrogen (secondary N) is 1. The number of methoxy groups -OCH3 is 1. The zero-order valence-electron chi connectivity index (χ0n) is 11.5. The largest absolute Gasteiger partial charge is 0.494 e. The fraction of sp³-hybridized carbons (Fsp3) is 0.133. The van der Waals surface area contributed by atoms with Gasteiger partial charge in [-0.2, -0.15) is 18.3 Å². The van der Waals surface area contributed by atoms with Gasteiger partial charge in [0.2, 0.25) is 0 Å². The Labute approximate surface area is 124 Å². The Balaban J connectivity index is 2.15. The minimum absolute atomic E-state index is 0.0764. The zero-order valence-corrected chi connectivity index (χ0v) is 11.5. The molecule has 0 atom stereocenters. The molecular formula is C15H12F4N2O. The lowest BCUT2D eigenvalue weighted by atomic mass is 10.2. The van der Waals surface area contributed by atoms with Crippen molar-refractivity contribution in [2.24, 2.45) is 5.10 Å². The molecule has 0 heterocycles. The van der Waals surface area contributed by atoms with Crippen LogP contribution in [0.15, 0.2) is 47.6 Å². The van der Waals surface area contributed by atoms with E-state index in [0.29, 0.717) is 5.56 Å². The first-order valence-corrected chi connectivity index (χ1v) is 6.20. The molecule has 116 valence electrons. The van der Waals surface area contributed by atoms with Crippen LogP contribution in [0.4, 0.5) is 23.2 Å². The fourth-order valence-corrected chi connectivity index (χ4v) is 1.77. The van der Waals surface area contributed by atoms with Crippen molar-refractivity contribution in [2.75, 3.05) is 12.5 Å². The molecule has 2 aromatic rings. The molecule has 0 aromatic heterocycles. The molecule has 1 N–H and O–H groups in total. The average Bonchev–Trinajstić information content (AvgIpc) is 2.47. The fourth-order valence-electron chi connectivity index (χ4n) is 1.77. The Kier molecular flexibility index (Phi) is 4.65. The second kappa shape index (κ2) is 6.46. The molecule has 0 radical (unpaired) electrons. The van der Waals surface area contributed by atoms with Gasteiger partial charge in [0.05, 0.1) is 24.6 Å². The predicted molar refractivity (Wildman–Crippen MR) is 75.6 cm³/mol. The maximum atomic E-state index is 13.5. The van der Waals surface area contributed by atoms with Crippen LogP contribution in [0.25, 0.3) is 0 Å². The molecule has 0 saturated carbocycles. The standard InChI is InChI=1S/C15H12F4N2O/c1-22-14-7-6-10(8-12(14)16)9-20-21-13-5-3-2-4-11(13)15(17,18)19/h2-9,21H,1H3/b20-9-. The van der Waals surface area contributed by atoms with Gasteiger partial charge in [0.25, 0.3) is 0 Å². The highest BCUT2D eigenvalue weighted by Crippen LogP contribution is 2.34. The van der Waals surface area contributed by atoms with Crippen LogP contribution in [0.2, 0.25) is 0 Å². The lowest BCUT2D eigenvalue weighted by Crippen LogP contribution is -2.08. The van der Waals surface area contributed by atoms with E-state index >= 15 is 0 Å². The SMILES string of the molecule is COc1ccc(/C=N\Nc2ccccc2C(F)(F)F)cc1F. The van der Waals surface area contributed by atoms with E-state index in [1.165, 1.54) is 49.7 Å². The Hall–Kier alpha value is -2.57. The summed E-state index contributed by atoms with van der Waals surface area (Å²) < 4.78 is 56.6. The van der Waals surface area contributed by atoms with E-state index in [1.807, 2.05) is 0 Å². The highest BCUT2D eigenvalue weighted by Gasteiger charge is 2.33. The number of hydrazone groups is 1. The molecule has 0 bridgehead atoms. The maximum absolute atomic E-state index is 13.5. The number of hydrogen-bond donors (Lipinski definition) is 1. The van der Waals surface area contributed by atoms with E-state index in [-0.39, 0.29) is 11.4 Å². The third kappa shape index (κ3) is 3.75. The van der Waals surface area contributed by atoms with Crippen molar-refractivity contribution < 1.29 is 22.3 Å². The van der Waals surface area contributed by atoms with Gasteiger partial charge in [-0.15, -0.1) is 0 Å². The molecule has 0 aliphatic carbocycles. The third-order valence-corrected chi connectivity index (χ3v) is 2.81. The molecule has 0 fully saturated rings. The van der Waals surface area contributed by atoms with Gasteiger partial charge in [0, 0.05) is 0 Å². The zero-order chi connectivity index (χ0) is 16.2. The molecule has 3 nitrogen and oxygen atoms in total. The molecule has 0 spiro atoms. The second-order valence-electron chi connectivity index (χ2n) is 4.31. The van der Waals surface area contributed by atoms with Crippen LogP contribution in [0.3, 0.4) is 0 Å². The minimum atomic E-state index is -4.48. The number of benzene rings is 2. The van der Waals surface area contributed by atoms with Crippen molar-refractivity contribution in [2.45, 2.75) is 6.18 Å². The predicted octanol–water partition coefficient (Wildman–Crippen LogP) is 4.30. The van der Waals surface area contributed by atoms with Crippen LogP contribution in [-0.4, -0.2) is 13.3 Å². The third-order valence-electron chi connectivity index (χ3n) is 2.81. The van der Waals surface area contributed by atoms with Crippen LogP contribution in [0, 0.1) is 5.82 Å². The smallest absolute Gasteiger partial charge is 0.418 e. The van der Waals surface area contributed by atoms with Crippen molar-refractivity contribution in [3.63, 3.8) is 0 Å². The van der Waals surface area contributed by atoms with Gasteiger partial charge in [0.1, 0.15) is 0 Å². The van der Waals surface area contributed by atoms with Crippen LogP contribution < -0.4 is 10.2 Å².